The second-order valence-electron chi connectivity index (χ2n) is 7.92. The van der Waals surface area contributed by atoms with Gasteiger partial charge in [0.05, 0.1) is 27.8 Å². The van der Waals surface area contributed by atoms with E-state index in [-0.39, 0.29) is 21.9 Å². The largest absolute Gasteiger partial charge is 0.365 e. The minimum atomic E-state index is -2.84. The highest BCUT2D eigenvalue weighted by Gasteiger charge is 2.26. The van der Waals surface area contributed by atoms with Crippen molar-refractivity contribution in [1.82, 2.24) is 24.5 Å². The summed E-state index contributed by atoms with van der Waals surface area (Å²) in [6.07, 6.45) is -1.11. The third-order valence-electron chi connectivity index (χ3n) is 5.54. The number of carbonyl (C=O) groups is 2. The Balaban J connectivity index is 1.89. The summed E-state index contributed by atoms with van der Waals surface area (Å²) in [7, 11) is 0. The number of alkyl halides is 2. The van der Waals surface area contributed by atoms with Gasteiger partial charge in [-0.15, -0.1) is 11.3 Å². The van der Waals surface area contributed by atoms with Gasteiger partial charge in [0.1, 0.15) is 21.9 Å². The van der Waals surface area contributed by atoms with Crippen LogP contribution in [0.5, 0.6) is 0 Å². The number of rotatable bonds is 7. The number of nitrogens with two attached hydrogens (primary N) is 1. The van der Waals surface area contributed by atoms with Crippen molar-refractivity contribution in [2.75, 3.05) is 5.32 Å². The predicted molar refractivity (Wildman–Crippen MR) is 130 cm³/mol. The maximum Gasteiger partial charge on any atom is 0.280 e. The zero-order chi connectivity index (χ0) is 25.6. The normalized spacial score (nSPS) is 11.5. The van der Waals surface area contributed by atoms with E-state index in [1.807, 2.05) is 6.92 Å². The Hall–Kier alpha value is -3.38. The van der Waals surface area contributed by atoms with Crippen molar-refractivity contribution < 1.29 is 18.4 Å². The van der Waals surface area contributed by atoms with Crippen molar-refractivity contribution in [2.45, 2.75) is 47.2 Å². The Morgan fingerprint density at radius 2 is 1.91 bits per heavy atom. The van der Waals surface area contributed by atoms with Gasteiger partial charge in [0, 0.05) is 23.7 Å². The number of hydrogen-bond donors (Lipinski definition) is 2. The standard InChI is InChI=1S/C22H22ClF2N7O2S/c1-5-31-7-13(9(2)29-31)12-6-14(20(24)25)27-22-16(12)18(19(35-22)21(26)34)28-15(33)8-32-11(4)17(23)10(3)30-32/h6-7,20H,5,8H2,1-4H3,(H2,26,34)(H,28,33). The number of hydrogen-bond acceptors (Lipinski definition) is 6. The molecule has 0 aromatic carbocycles. The van der Waals surface area contributed by atoms with E-state index in [4.69, 9.17) is 17.3 Å². The van der Waals surface area contributed by atoms with Gasteiger partial charge in [-0.3, -0.25) is 19.0 Å². The SMILES string of the molecule is CCn1cc(-c2cc(C(F)F)nc3sc(C(N)=O)c(NC(=O)Cn4nc(C)c(Cl)c4C)c23)c(C)n1. The fourth-order valence-electron chi connectivity index (χ4n) is 3.82. The van der Waals surface area contributed by atoms with Gasteiger partial charge in [-0.05, 0) is 39.3 Å². The minimum absolute atomic E-state index is 0.000419. The predicted octanol–water partition coefficient (Wildman–Crippen LogP) is 4.63. The molecule has 13 heteroatoms. The molecule has 35 heavy (non-hydrogen) atoms. The molecule has 3 N–H and O–H groups in total. The average molecular weight is 522 g/mol. The quantitative estimate of drug-likeness (QED) is 0.367. The number of primary amides is 1. The smallest absolute Gasteiger partial charge is 0.280 e. The van der Waals surface area contributed by atoms with Gasteiger partial charge in [0.25, 0.3) is 12.3 Å². The lowest BCUT2D eigenvalue weighted by Crippen LogP contribution is -2.22. The van der Waals surface area contributed by atoms with Crippen LogP contribution in [0.2, 0.25) is 5.02 Å². The van der Waals surface area contributed by atoms with E-state index in [0.29, 0.717) is 45.2 Å². The van der Waals surface area contributed by atoms with Crippen molar-refractivity contribution in [3.8, 4) is 11.1 Å². The van der Waals surface area contributed by atoms with Crippen LogP contribution < -0.4 is 11.1 Å². The van der Waals surface area contributed by atoms with Gasteiger partial charge >= 0.3 is 0 Å². The van der Waals surface area contributed by atoms with Crippen molar-refractivity contribution in [2.24, 2.45) is 5.73 Å². The molecule has 0 aliphatic rings. The van der Waals surface area contributed by atoms with Gasteiger partial charge in [0.15, 0.2) is 0 Å². The summed E-state index contributed by atoms with van der Waals surface area (Å²) in [5.41, 5.74) is 7.98. The number of halogens is 3. The van der Waals surface area contributed by atoms with Crippen LogP contribution in [-0.2, 0) is 17.9 Å². The Kier molecular flexibility index (Phi) is 6.60. The summed E-state index contributed by atoms with van der Waals surface area (Å²) >= 11 is 7.02. The van der Waals surface area contributed by atoms with Crippen LogP contribution in [0, 0.1) is 20.8 Å². The number of aromatic nitrogens is 5. The van der Waals surface area contributed by atoms with Gasteiger partial charge < -0.3 is 11.1 Å². The Bertz CT molecular complexity index is 1470. The minimum Gasteiger partial charge on any atom is -0.365 e. The van der Waals surface area contributed by atoms with Crippen LogP contribution in [0.15, 0.2) is 12.3 Å². The summed E-state index contributed by atoms with van der Waals surface area (Å²) in [6.45, 7) is 7.49. The number of amides is 2. The lowest BCUT2D eigenvalue weighted by Gasteiger charge is -2.11. The molecule has 4 heterocycles. The molecule has 4 aromatic heterocycles. The lowest BCUT2D eigenvalue weighted by molar-refractivity contribution is -0.116. The number of fused-ring (bicyclic) bond motifs is 1. The van der Waals surface area contributed by atoms with E-state index in [1.54, 1.807) is 31.6 Å². The second kappa shape index (κ2) is 9.34. The Labute approximate surface area is 207 Å². The molecule has 2 amide bonds. The van der Waals surface area contributed by atoms with Gasteiger partial charge in [-0.25, -0.2) is 13.8 Å². The van der Waals surface area contributed by atoms with Crippen LogP contribution in [0.3, 0.4) is 0 Å². The zero-order valence-electron chi connectivity index (χ0n) is 19.3. The van der Waals surface area contributed by atoms with Crippen LogP contribution in [0.1, 0.15) is 45.8 Å². The molecule has 4 rings (SSSR count). The summed E-state index contributed by atoms with van der Waals surface area (Å²) in [4.78, 5) is 29.5. The van der Waals surface area contributed by atoms with E-state index < -0.39 is 23.9 Å². The monoisotopic (exact) mass is 521 g/mol. The molecule has 0 bridgehead atoms. The second-order valence-corrected chi connectivity index (χ2v) is 9.30. The number of anilines is 1. The highest BCUT2D eigenvalue weighted by atomic mass is 35.5. The highest BCUT2D eigenvalue weighted by Crippen LogP contribution is 2.43. The van der Waals surface area contributed by atoms with Crippen LogP contribution >= 0.6 is 22.9 Å². The maximum absolute atomic E-state index is 13.7. The van der Waals surface area contributed by atoms with E-state index in [9.17, 15) is 18.4 Å². The fourth-order valence-corrected chi connectivity index (χ4v) is 4.97. The summed E-state index contributed by atoms with van der Waals surface area (Å²) in [5.74, 6) is -1.32. The van der Waals surface area contributed by atoms with Gasteiger partial charge in [0.2, 0.25) is 5.91 Å². The molecule has 9 nitrogen and oxygen atoms in total. The first-order valence-corrected chi connectivity index (χ1v) is 11.8. The number of carbonyl (C=O) groups excluding carboxylic acids is 2. The third-order valence-corrected chi connectivity index (χ3v) is 7.19. The number of pyridine rings is 1. The summed E-state index contributed by atoms with van der Waals surface area (Å²) in [5, 5.41) is 12.2. The number of nitrogens with zero attached hydrogens (tertiary/aromatic N) is 5. The Morgan fingerprint density at radius 1 is 1.20 bits per heavy atom. The fraction of sp³-hybridized carbons (Fsp3) is 0.318. The highest BCUT2D eigenvalue weighted by molar-refractivity contribution is 7.21. The van der Waals surface area contributed by atoms with E-state index in [0.717, 1.165) is 11.3 Å². The molecular weight excluding hydrogens is 500 g/mol. The lowest BCUT2D eigenvalue weighted by atomic mass is 10.0. The zero-order valence-corrected chi connectivity index (χ0v) is 20.9. The van der Waals surface area contributed by atoms with Crippen LogP contribution in [0.25, 0.3) is 21.3 Å². The summed E-state index contributed by atoms with van der Waals surface area (Å²) < 4.78 is 30.5. The van der Waals surface area contributed by atoms with Gasteiger partial charge in [-0.2, -0.15) is 10.2 Å². The van der Waals surface area contributed by atoms with Crippen LogP contribution in [0.4, 0.5) is 14.5 Å². The number of nitrogens with one attached hydrogen (secondary N) is 1. The van der Waals surface area contributed by atoms with Gasteiger partial charge in [-0.1, -0.05) is 11.6 Å². The molecule has 0 saturated heterocycles. The molecule has 0 atom stereocenters. The molecular formula is C22H22ClF2N7O2S. The molecule has 4 aromatic rings. The first-order valence-electron chi connectivity index (χ1n) is 10.6. The van der Waals surface area contributed by atoms with Crippen molar-refractivity contribution in [3.63, 3.8) is 0 Å². The number of thiophene rings is 1. The topological polar surface area (TPSA) is 121 Å². The van der Waals surface area contributed by atoms with E-state index in [1.165, 1.54) is 10.7 Å². The van der Waals surface area contributed by atoms with Crippen molar-refractivity contribution in [1.29, 1.82) is 0 Å². The first-order chi connectivity index (χ1) is 16.5. The maximum atomic E-state index is 13.7. The van der Waals surface area contributed by atoms with Crippen molar-refractivity contribution in [3.05, 3.63) is 44.9 Å². The molecule has 184 valence electrons. The van der Waals surface area contributed by atoms with E-state index >= 15 is 0 Å². The van der Waals surface area contributed by atoms with E-state index in [2.05, 4.69) is 20.5 Å². The molecule has 0 saturated carbocycles. The molecule has 0 spiro atoms. The van der Waals surface area contributed by atoms with Crippen LogP contribution in [-0.4, -0.2) is 36.4 Å². The Morgan fingerprint density at radius 3 is 2.46 bits per heavy atom. The molecule has 0 radical (unpaired) electrons. The third kappa shape index (κ3) is 4.50. The average Bonchev–Trinajstić information content (AvgIpc) is 3.43. The summed E-state index contributed by atoms with van der Waals surface area (Å²) in [6, 6.07) is 1.25. The first kappa shape index (κ1) is 24.7. The number of aryl methyl sites for hydroxylation is 3. The van der Waals surface area contributed by atoms with Crippen molar-refractivity contribution >= 4 is 50.7 Å². The molecule has 0 aliphatic carbocycles. The molecule has 0 fully saturated rings. The molecule has 0 aliphatic heterocycles. The molecule has 0 unspecified atom stereocenters.